The van der Waals surface area contributed by atoms with Gasteiger partial charge in [-0.15, -0.1) is 0 Å². The van der Waals surface area contributed by atoms with Gasteiger partial charge in [0, 0.05) is 39.6 Å². The zero-order valence-electron chi connectivity index (χ0n) is 18.2. The van der Waals surface area contributed by atoms with Gasteiger partial charge in [-0.05, 0) is 42.2 Å². The van der Waals surface area contributed by atoms with Crippen LogP contribution in [0.25, 0.3) is 10.1 Å². The fraction of sp³-hybridized carbons (Fsp3) is 0.167. The minimum Gasteiger partial charge on any atom is -0.347 e. The van der Waals surface area contributed by atoms with Gasteiger partial charge in [-0.1, -0.05) is 36.4 Å². The Labute approximate surface area is 202 Å². The van der Waals surface area contributed by atoms with Crippen LogP contribution in [-0.4, -0.2) is 42.9 Å². The lowest BCUT2D eigenvalue weighted by molar-refractivity contribution is 0.0940. The van der Waals surface area contributed by atoms with Crippen molar-refractivity contribution >= 4 is 61.4 Å². The number of anilines is 3. The summed E-state index contributed by atoms with van der Waals surface area (Å²) in [5.74, 6) is 0.591. The first-order valence-corrected chi connectivity index (χ1v) is 12.9. The molecule has 0 unspecified atom stereocenters. The van der Waals surface area contributed by atoms with Crippen molar-refractivity contribution in [2.45, 2.75) is 13.0 Å². The first kappa shape index (κ1) is 22.2. The minimum absolute atomic E-state index is 0.113. The van der Waals surface area contributed by atoms with Crippen molar-refractivity contribution in [1.29, 1.82) is 0 Å². The highest BCUT2D eigenvalue weighted by atomic mass is 32.2. The number of carbonyl (C=O) groups excluding carboxylic acids is 2. The molecule has 0 bridgehead atoms. The molecule has 0 atom stereocenters. The number of fused-ring (bicyclic) bond motifs is 1. The van der Waals surface area contributed by atoms with Crippen molar-refractivity contribution in [3.8, 4) is 0 Å². The van der Waals surface area contributed by atoms with Crippen LogP contribution in [0.1, 0.15) is 26.4 Å². The maximum Gasteiger partial charge on any atom is 0.276 e. The molecule has 0 spiro atoms. The number of aryl methyl sites for hydroxylation is 1. The van der Waals surface area contributed by atoms with Crippen LogP contribution in [-0.2, 0) is 10.8 Å². The lowest BCUT2D eigenvalue weighted by atomic mass is 10.1. The number of benzene rings is 2. The summed E-state index contributed by atoms with van der Waals surface area (Å²) in [6.45, 7) is 1.96. The minimum atomic E-state index is -0.868. The highest BCUT2D eigenvalue weighted by Gasteiger charge is 2.27. The molecule has 3 heterocycles. The van der Waals surface area contributed by atoms with Crippen LogP contribution >= 0.6 is 11.5 Å². The van der Waals surface area contributed by atoms with E-state index in [1.807, 2.05) is 55.5 Å². The van der Waals surface area contributed by atoms with Crippen molar-refractivity contribution in [2.75, 3.05) is 22.1 Å². The molecule has 3 N–H and O–H groups in total. The van der Waals surface area contributed by atoms with E-state index in [9.17, 15) is 13.8 Å². The number of nitrogens with one attached hydrogen (secondary N) is 3. The normalized spacial score (nSPS) is 17.1. The second kappa shape index (κ2) is 9.32. The number of hydrogen-bond acceptors (Lipinski definition) is 7. The fourth-order valence-electron chi connectivity index (χ4n) is 3.61. The quantitative estimate of drug-likeness (QED) is 0.378. The largest absolute Gasteiger partial charge is 0.347 e. The van der Waals surface area contributed by atoms with Crippen molar-refractivity contribution in [3.63, 3.8) is 0 Å². The number of nitrogens with zero attached hydrogens (tertiary/aromatic N) is 2. The summed E-state index contributed by atoms with van der Waals surface area (Å²) >= 11 is 1.25. The topological polar surface area (TPSA) is 113 Å². The number of carbonyl (C=O) groups is 2. The number of pyridine rings is 1. The SMILES string of the molecule is Cc1ccccc1Nc1ncc(C(=O)NC2CS(=O)C2)cc1NC(=O)c1nsc2ccccc12. The van der Waals surface area contributed by atoms with Gasteiger partial charge in [-0.2, -0.15) is 4.37 Å². The van der Waals surface area contributed by atoms with Crippen LogP contribution in [0.4, 0.5) is 17.2 Å². The molecule has 1 saturated heterocycles. The Morgan fingerprint density at radius 3 is 2.59 bits per heavy atom. The van der Waals surface area contributed by atoms with Crippen LogP contribution in [0.15, 0.2) is 60.8 Å². The average molecular weight is 492 g/mol. The Morgan fingerprint density at radius 1 is 1.03 bits per heavy atom. The molecule has 0 radical (unpaired) electrons. The summed E-state index contributed by atoms with van der Waals surface area (Å²) in [5, 5.41) is 9.75. The number of rotatable bonds is 6. The zero-order valence-corrected chi connectivity index (χ0v) is 19.8. The van der Waals surface area contributed by atoms with E-state index in [1.54, 1.807) is 6.07 Å². The number of aromatic nitrogens is 2. The van der Waals surface area contributed by atoms with Crippen LogP contribution in [0, 0.1) is 6.92 Å². The van der Waals surface area contributed by atoms with Gasteiger partial charge in [0.05, 0.1) is 22.0 Å². The first-order valence-electron chi connectivity index (χ1n) is 10.6. The summed E-state index contributed by atoms with van der Waals surface area (Å²) in [5.41, 5.74) is 2.81. The van der Waals surface area contributed by atoms with E-state index in [1.165, 1.54) is 17.7 Å². The molecule has 1 aliphatic heterocycles. The summed E-state index contributed by atoms with van der Waals surface area (Å²) in [4.78, 5) is 30.3. The summed E-state index contributed by atoms with van der Waals surface area (Å²) in [7, 11) is -0.868. The monoisotopic (exact) mass is 491 g/mol. The number of amides is 2. The zero-order chi connectivity index (χ0) is 23.7. The molecule has 172 valence electrons. The van der Waals surface area contributed by atoms with Crippen molar-refractivity contribution in [1.82, 2.24) is 14.7 Å². The van der Waals surface area contributed by atoms with Gasteiger partial charge in [0.1, 0.15) is 5.69 Å². The Balaban J connectivity index is 1.46. The van der Waals surface area contributed by atoms with E-state index in [2.05, 4.69) is 25.3 Å². The van der Waals surface area contributed by atoms with Gasteiger partial charge in [0.25, 0.3) is 11.8 Å². The lowest BCUT2D eigenvalue weighted by Gasteiger charge is -2.25. The highest BCUT2D eigenvalue weighted by Crippen LogP contribution is 2.28. The molecule has 10 heteroatoms. The molecule has 0 aliphatic carbocycles. The van der Waals surface area contributed by atoms with E-state index < -0.39 is 10.8 Å². The Morgan fingerprint density at radius 2 is 1.79 bits per heavy atom. The second-order valence-corrected chi connectivity index (χ2v) is 10.3. The third-order valence-corrected chi connectivity index (χ3v) is 7.87. The van der Waals surface area contributed by atoms with Crippen molar-refractivity contribution in [3.05, 3.63) is 77.6 Å². The van der Waals surface area contributed by atoms with Gasteiger partial charge in [0.2, 0.25) is 0 Å². The van der Waals surface area contributed by atoms with E-state index in [0.29, 0.717) is 34.3 Å². The van der Waals surface area contributed by atoms with Crippen LogP contribution < -0.4 is 16.0 Å². The van der Waals surface area contributed by atoms with E-state index in [4.69, 9.17) is 0 Å². The molecular weight excluding hydrogens is 470 g/mol. The second-order valence-electron chi connectivity index (χ2n) is 7.99. The molecule has 1 aliphatic rings. The Hall–Kier alpha value is -3.63. The summed E-state index contributed by atoms with van der Waals surface area (Å²) in [6, 6.07) is 16.7. The molecule has 5 rings (SSSR count). The Bertz CT molecular complexity index is 1430. The predicted molar refractivity (Wildman–Crippen MR) is 135 cm³/mol. The van der Waals surface area contributed by atoms with Gasteiger partial charge in [-0.25, -0.2) is 4.98 Å². The van der Waals surface area contributed by atoms with E-state index in [0.717, 1.165) is 21.3 Å². The maximum absolute atomic E-state index is 13.2. The standard InChI is InChI=1S/C24H21N5O3S2/c1-14-6-2-4-8-18(14)27-22-19(10-15(11-25-22)23(30)26-16-12-34(32)13-16)28-24(31)21-17-7-3-5-9-20(17)33-29-21/h2-11,16H,12-13H2,1H3,(H,25,27)(H,26,30)(H,28,31). The van der Waals surface area contributed by atoms with Crippen molar-refractivity contribution < 1.29 is 13.8 Å². The lowest BCUT2D eigenvalue weighted by Crippen LogP contribution is -2.50. The molecule has 2 aromatic heterocycles. The van der Waals surface area contributed by atoms with Gasteiger partial charge in [0.15, 0.2) is 5.82 Å². The highest BCUT2D eigenvalue weighted by molar-refractivity contribution is 7.86. The molecule has 4 aromatic rings. The van der Waals surface area contributed by atoms with Gasteiger partial charge in [-0.3, -0.25) is 13.8 Å². The summed E-state index contributed by atoms with van der Waals surface area (Å²) in [6.07, 6.45) is 1.46. The van der Waals surface area contributed by atoms with E-state index in [-0.39, 0.29) is 17.9 Å². The molecule has 0 saturated carbocycles. The summed E-state index contributed by atoms with van der Waals surface area (Å²) < 4.78 is 16.6. The number of para-hydroxylation sites is 1. The molecule has 1 fully saturated rings. The van der Waals surface area contributed by atoms with Gasteiger partial charge < -0.3 is 16.0 Å². The smallest absolute Gasteiger partial charge is 0.276 e. The van der Waals surface area contributed by atoms with Crippen LogP contribution in [0.2, 0.25) is 0 Å². The van der Waals surface area contributed by atoms with Crippen molar-refractivity contribution in [2.24, 2.45) is 0 Å². The third kappa shape index (κ3) is 4.55. The van der Waals surface area contributed by atoms with Gasteiger partial charge >= 0.3 is 0 Å². The fourth-order valence-corrected chi connectivity index (χ4v) is 5.35. The maximum atomic E-state index is 13.2. The predicted octanol–water partition coefficient (Wildman–Crippen LogP) is 3.86. The molecular formula is C24H21N5O3S2. The molecule has 2 aromatic carbocycles. The third-order valence-electron chi connectivity index (χ3n) is 5.50. The average Bonchev–Trinajstić information content (AvgIpc) is 3.25. The first-order chi connectivity index (χ1) is 16.5. The Kier molecular flexibility index (Phi) is 6.08. The molecule has 34 heavy (non-hydrogen) atoms. The molecule has 8 nitrogen and oxygen atoms in total. The number of hydrogen-bond donors (Lipinski definition) is 3. The van der Waals surface area contributed by atoms with Crippen LogP contribution in [0.5, 0.6) is 0 Å². The van der Waals surface area contributed by atoms with E-state index >= 15 is 0 Å². The van der Waals surface area contributed by atoms with Crippen LogP contribution in [0.3, 0.4) is 0 Å². The molecule has 2 amide bonds.